The van der Waals surface area contributed by atoms with E-state index in [0.29, 0.717) is 12.8 Å². The average Bonchev–Trinajstić information content (AvgIpc) is 2.52. The van der Waals surface area contributed by atoms with E-state index in [1.165, 1.54) is 0 Å². The summed E-state index contributed by atoms with van der Waals surface area (Å²) in [7, 11) is -4.56. The number of unbranched alkanes of at least 4 members (excludes halogenated alkanes) is 1. The van der Waals surface area contributed by atoms with Gasteiger partial charge in [0.2, 0.25) is 10.0 Å². The van der Waals surface area contributed by atoms with E-state index in [-0.39, 0.29) is 17.3 Å². The van der Waals surface area contributed by atoms with Crippen LogP contribution >= 0.6 is 0 Å². The predicted molar refractivity (Wildman–Crippen MR) is 67.1 cm³/mol. The zero-order valence-electron chi connectivity index (χ0n) is 9.98. The second-order valence-corrected chi connectivity index (χ2v) is 8.45. The van der Waals surface area contributed by atoms with Crippen LogP contribution < -0.4 is 10.0 Å². The molecule has 0 amide bonds. The second-order valence-electron chi connectivity index (χ2n) is 4.35. The summed E-state index contributed by atoms with van der Waals surface area (Å²) in [5, 5.41) is 2.94. The average molecular weight is 284 g/mol. The van der Waals surface area contributed by atoms with Crippen molar-refractivity contribution in [3.8, 4) is 0 Å². The normalized spacial score (nSPS) is 23.9. The van der Waals surface area contributed by atoms with Gasteiger partial charge in [-0.15, -0.1) is 0 Å². The maximum absolute atomic E-state index is 11.6. The number of rotatable bonds is 7. The van der Waals surface area contributed by atoms with Gasteiger partial charge in [-0.1, -0.05) is 0 Å². The molecule has 2 N–H and O–H groups in total. The standard InChI is InChI=1S/C9H20N2O4S2/c1-10-5-2-3-6-17(14,15)11-9-4-7-16(12,13)8-9/h9-11H,2-8H2,1H3. The molecule has 6 nitrogen and oxygen atoms in total. The maximum Gasteiger partial charge on any atom is 0.211 e. The van der Waals surface area contributed by atoms with Gasteiger partial charge in [-0.25, -0.2) is 21.6 Å². The van der Waals surface area contributed by atoms with Crippen LogP contribution in [0.1, 0.15) is 19.3 Å². The summed E-state index contributed by atoms with van der Waals surface area (Å²) in [5.74, 6) is 0.0773. The minimum atomic E-state index is -3.34. The van der Waals surface area contributed by atoms with Gasteiger partial charge in [0.15, 0.2) is 9.84 Å². The molecule has 0 spiro atoms. The molecule has 17 heavy (non-hydrogen) atoms. The molecule has 0 bridgehead atoms. The third-order valence-corrected chi connectivity index (χ3v) is 5.96. The number of sulfonamides is 1. The lowest BCUT2D eigenvalue weighted by Gasteiger charge is -2.11. The van der Waals surface area contributed by atoms with Crippen molar-refractivity contribution < 1.29 is 16.8 Å². The minimum Gasteiger partial charge on any atom is -0.320 e. The lowest BCUT2D eigenvalue weighted by atomic mass is 10.3. The highest BCUT2D eigenvalue weighted by Gasteiger charge is 2.30. The lowest BCUT2D eigenvalue weighted by Crippen LogP contribution is -2.37. The maximum atomic E-state index is 11.6. The van der Waals surface area contributed by atoms with Crippen molar-refractivity contribution in [3.05, 3.63) is 0 Å². The second kappa shape index (κ2) is 6.12. The van der Waals surface area contributed by atoms with Gasteiger partial charge in [-0.05, 0) is 32.9 Å². The molecule has 1 heterocycles. The molecule has 0 aromatic heterocycles. The van der Waals surface area contributed by atoms with Crippen LogP contribution in [0.2, 0.25) is 0 Å². The Bertz CT molecular complexity index is 430. The molecule has 1 saturated heterocycles. The third kappa shape index (κ3) is 5.80. The summed E-state index contributed by atoms with van der Waals surface area (Å²) in [5.41, 5.74) is 0. The molecule has 1 unspecified atom stereocenters. The van der Waals surface area contributed by atoms with Gasteiger partial charge in [0.25, 0.3) is 0 Å². The van der Waals surface area contributed by atoms with Gasteiger partial charge < -0.3 is 5.32 Å². The van der Waals surface area contributed by atoms with Crippen LogP contribution in [-0.2, 0) is 19.9 Å². The van der Waals surface area contributed by atoms with Crippen LogP contribution in [0.15, 0.2) is 0 Å². The molecule has 0 aromatic rings. The van der Waals surface area contributed by atoms with Crippen molar-refractivity contribution in [2.75, 3.05) is 30.9 Å². The first-order chi connectivity index (χ1) is 7.85. The Kier molecular flexibility index (Phi) is 5.36. The quantitative estimate of drug-likeness (QED) is 0.591. The summed E-state index contributed by atoms with van der Waals surface area (Å²) in [6, 6.07) is -0.436. The Labute approximate surface area is 103 Å². The van der Waals surface area contributed by atoms with Gasteiger partial charge in [0.1, 0.15) is 0 Å². The molecule has 1 aliphatic rings. The van der Waals surface area contributed by atoms with Crippen LogP contribution in [0.5, 0.6) is 0 Å². The molecule has 1 fully saturated rings. The third-order valence-electron chi connectivity index (χ3n) is 2.67. The predicted octanol–water partition coefficient (Wildman–Crippen LogP) is -0.907. The number of hydrogen-bond acceptors (Lipinski definition) is 5. The molecular formula is C9H20N2O4S2. The summed E-state index contributed by atoms with van der Waals surface area (Å²) < 4.78 is 48.1. The molecule has 8 heteroatoms. The van der Waals surface area contributed by atoms with E-state index in [2.05, 4.69) is 10.0 Å². The van der Waals surface area contributed by atoms with Gasteiger partial charge in [-0.3, -0.25) is 0 Å². The fourth-order valence-corrected chi connectivity index (χ4v) is 4.98. The van der Waals surface area contributed by atoms with Crippen molar-refractivity contribution in [2.24, 2.45) is 0 Å². The van der Waals surface area contributed by atoms with Crippen LogP contribution in [0, 0.1) is 0 Å². The van der Waals surface area contributed by atoms with Crippen LogP contribution in [0.25, 0.3) is 0 Å². The number of nitrogens with one attached hydrogen (secondary N) is 2. The summed E-state index contributed by atoms with van der Waals surface area (Å²) >= 11 is 0. The summed E-state index contributed by atoms with van der Waals surface area (Å²) in [6.07, 6.45) is 1.76. The first-order valence-electron chi connectivity index (χ1n) is 5.70. The van der Waals surface area contributed by atoms with E-state index >= 15 is 0 Å². The van der Waals surface area contributed by atoms with E-state index in [0.717, 1.165) is 13.0 Å². The highest BCUT2D eigenvalue weighted by Crippen LogP contribution is 2.12. The molecule has 102 valence electrons. The van der Waals surface area contributed by atoms with Gasteiger partial charge >= 0.3 is 0 Å². The van der Waals surface area contributed by atoms with E-state index in [9.17, 15) is 16.8 Å². The SMILES string of the molecule is CNCCCCS(=O)(=O)NC1CCS(=O)(=O)C1. The minimum absolute atomic E-state index is 0.0607. The highest BCUT2D eigenvalue weighted by atomic mass is 32.2. The molecule has 0 aromatic carbocycles. The van der Waals surface area contributed by atoms with Crippen molar-refractivity contribution in [2.45, 2.75) is 25.3 Å². The molecule has 1 atom stereocenters. The van der Waals surface area contributed by atoms with Gasteiger partial charge in [-0.2, -0.15) is 0 Å². The molecule has 1 rings (SSSR count). The van der Waals surface area contributed by atoms with Crippen molar-refractivity contribution in [1.82, 2.24) is 10.0 Å². The Balaban J connectivity index is 2.35. The fraction of sp³-hybridized carbons (Fsp3) is 1.00. The summed E-state index contributed by atoms with van der Waals surface area (Å²) in [6.45, 7) is 0.785. The Morgan fingerprint density at radius 3 is 2.53 bits per heavy atom. The fourth-order valence-electron chi connectivity index (χ4n) is 1.79. The Morgan fingerprint density at radius 1 is 1.29 bits per heavy atom. The smallest absolute Gasteiger partial charge is 0.211 e. The van der Waals surface area contributed by atoms with E-state index in [1.807, 2.05) is 7.05 Å². The van der Waals surface area contributed by atoms with Crippen LogP contribution in [-0.4, -0.2) is 53.7 Å². The van der Waals surface area contributed by atoms with Crippen molar-refractivity contribution >= 4 is 19.9 Å². The largest absolute Gasteiger partial charge is 0.320 e. The van der Waals surface area contributed by atoms with Crippen molar-refractivity contribution in [1.29, 1.82) is 0 Å². The van der Waals surface area contributed by atoms with E-state index < -0.39 is 25.9 Å². The molecular weight excluding hydrogens is 264 g/mol. The van der Waals surface area contributed by atoms with Gasteiger partial charge in [0, 0.05) is 6.04 Å². The summed E-state index contributed by atoms with van der Waals surface area (Å²) in [4.78, 5) is 0. The Hall–Kier alpha value is -0.180. The highest BCUT2D eigenvalue weighted by molar-refractivity contribution is 7.92. The van der Waals surface area contributed by atoms with Crippen LogP contribution in [0.3, 0.4) is 0 Å². The molecule has 1 aliphatic heterocycles. The lowest BCUT2D eigenvalue weighted by molar-refractivity contribution is 0.557. The van der Waals surface area contributed by atoms with E-state index in [1.54, 1.807) is 0 Å². The van der Waals surface area contributed by atoms with Crippen LogP contribution in [0.4, 0.5) is 0 Å². The van der Waals surface area contributed by atoms with Gasteiger partial charge in [0.05, 0.1) is 17.3 Å². The monoisotopic (exact) mass is 284 g/mol. The Morgan fingerprint density at radius 2 is 2.00 bits per heavy atom. The molecule has 0 radical (unpaired) electrons. The van der Waals surface area contributed by atoms with Crippen molar-refractivity contribution in [3.63, 3.8) is 0 Å². The number of sulfone groups is 1. The number of hydrogen-bond donors (Lipinski definition) is 2. The molecule has 0 saturated carbocycles. The topological polar surface area (TPSA) is 92.3 Å². The van der Waals surface area contributed by atoms with E-state index in [4.69, 9.17) is 0 Å². The first kappa shape index (κ1) is 14.9. The first-order valence-corrected chi connectivity index (χ1v) is 9.17. The zero-order chi connectivity index (χ0) is 12.9. The zero-order valence-corrected chi connectivity index (χ0v) is 11.6. The molecule has 0 aliphatic carbocycles.